The molecule has 0 atom stereocenters. The summed E-state index contributed by atoms with van der Waals surface area (Å²) in [5.74, 6) is 0.475. The van der Waals surface area contributed by atoms with Gasteiger partial charge in [-0.2, -0.15) is 0 Å². The maximum atomic E-state index is 12.4. The van der Waals surface area contributed by atoms with E-state index in [4.69, 9.17) is 4.42 Å². The minimum Gasteiger partial charge on any atom is -0.452 e. The molecule has 20 heavy (non-hydrogen) atoms. The molecule has 0 N–H and O–H groups in total. The number of carbonyl (C=O) groups is 1. The number of carbonyl (C=O) groups excluding carboxylic acids is 1. The van der Waals surface area contributed by atoms with E-state index in [0.717, 1.165) is 41.6 Å². The van der Waals surface area contributed by atoms with Crippen molar-refractivity contribution in [1.82, 2.24) is 9.80 Å². The van der Waals surface area contributed by atoms with Gasteiger partial charge in [-0.15, -0.1) is 0 Å². The van der Waals surface area contributed by atoms with Crippen molar-refractivity contribution in [3.63, 3.8) is 0 Å². The second kappa shape index (κ2) is 5.68. The number of ketones is 1. The Morgan fingerprint density at radius 3 is 2.65 bits per heavy atom. The van der Waals surface area contributed by atoms with Gasteiger partial charge in [0.1, 0.15) is 5.58 Å². The van der Waals surface area contributed by atoms with Gasteiger partial charge in [-0.1, -0.05) is 12.1 Å². The molecule has 1 aromatic heterocycles. The lowest BCUT2D eigenvalue weighted by atomic mass is 10.2. The molecule has 1 aromatic carbocycles. The van der Waals surface area contributed by atoms with Crippen LogP contribution in [0.4, 0.5) is 0 Å². The fourth-order valence-electron chi connectivity index (χ4n) is 2.47. The second-order valence-electron chi connectivity index (χ2n) is 5.24. The zero-order valence-corrected chi connectivity index (χ0v) is 13.0. The lowest BCUT2D eigenvalue weighted by molar-refractivity contribution is 0.0851. The molecule has 0 saturated carbocycles. The Kier molecular flexibility index (Phi) is 3.92. The van der Waals surface area contributed by atoms with E-state index in [0.29, 0.717) is 12.3 Å². The summed E-state index contributed by atoms with van der Waals surface area (Å²) in [5, 5.41) is 0.953. The highest BCUT2D eigenvalue weighted by atomic mass is 79.9. The molecule has 106 valence electrons. The molecule has 0 amide bonds. The van der Waals surface area contributed by atoms with Gasteiger partial charge in [-0.25, -0.2) is 0 Å². The van der Waals surface area contributed by atoms with Crippen molar-refractivity contribution in [3.8, 4) is 0 Å². The number of rotatable bonds is 3. The van der Waals surface area contributed by atoms with E-state index in [9.17, 15) is 4.79 Å². The van der Waals surface area contributed by atoms with Crippen LogP contribution in [0, 0.1) is 0 Å². The van der Waals surface area contributed by atoms with E-state index in [1.165, 1.54) is 0 Å². The van der Waals surface area contributed by atoms with Gasteiger partial charge in [0, 0.05) is 31.6 Å². The van der Waals surface area contributed by atoms with Crippen LogP contribution in [0.2, 0.25) is 0 Å². The third-order valence-corrected chi connectivity index (χ3v) is 4.54. The molecule has 4 nitrogen and oxygen atoms in total. The van der Waals surface area contributed by atoms with Crippen LogP contribution in [-0.2, 0) is 0 Å². The van der Waals surface area contributed by atoms with Crippen molar-refractivity contribution in [2.45, 2.75) is 0 Å². The van der Waals surface area contributed by atoms with E-state index in [1.807, 2.05) is 24.3 Å². The first-order chi connectivity index (χ1) is 9.65. The highest BCUT2D eigenvalue weighted by Crippen LogP contribution is 2.31. The van der Waals surface area contributed by atoms with Crippen LogP contribution in [0.1, 0.15) is 10.6 Å². The second-order valence-corrected chi connectivity index (χ2v) is 6.04. The van der Waals surface area contributed by atoms with Crippen LogP contribution >= 0.6 is 15.9 Å². The summed E-state index contributed by atoms with van der Waals surface area (Å²) in [6, 6.07) is 7.69. The average Bonchev–Trinajstić information content (AvgIpc) is 2.79. The molecule has 1 aliphatic rings. The van der Waals surface area contributed by atoms with Crippen LogP contribution in [0.3, 0.4) is 0 Å². The highest BCUT2D eigenvalue weighted by molar-refractivity contribution is 9.10. The Bertz CT molecular complexity index is 630. The van der Waals surface area contributed by atoms with E-state index in [2.05, 4.69) is 32.8 Å². The average molecular weight is 337 g/mol. The van der Waals surface area contributed by atoms with Crippen molar-refractivity contribution in [2.24, 2.45) is 0 Å². The summed E-state index contributed by atoms with van der Waals surface area (Å²) in [4.78, 5) is 16.9. The van der Waals surface area contributed by atoms with Crippen molar-refractivity contribution in [1.29, 1.82) is 0 Å². The Hall–Kier alpha value is -1.17. The summed E-state index contributed by atoms with van der Waals surface area (Å²) in [7, 11) is 2.11. The monoisotopic (exact) mass is 336 g/mol. The molecule has 0 aliphatic carbocycles. The van der Waals surface area contributed by atoms with Crippen LogP contribution in [-0.4, -0.2) is 55.4 Å². The minimum atomic E-state index is 0.0395. The summed E-state index contributed by atoms with van der Waals surface area (Å²) >= 11 is 3.49. The van der Waals surface area contributed by atoms with Gasteiger partial charge in [0.05, 0.1) is 11.0 Å². The smallest absolute Gasteiger partial charge is 0.213 e. The quantitative estimate of drug-likeness (QED) is 0.807. The summed E-state index contributed by atoms with van der Waals surface area (Å²) < 4.78 is 6.46. The minimum absolute atomic E-state index is 0.0395. The topological polar surface area (TPSA) is 36.7 Å². The number of nitrogens with zero attached hydrogens (tertiary/aromatic N) is 2. The predicted molar refractivity (Wildman–Crippen MR) is 82.2 cm³/mol. The molecule has 2 heterocycles. The number of benzene rings is 1. The number of hydrogen-bond donors (Lipinski definition) is 0. The summed E-state index contributed by atoms with van der Waals surface area (Å²) in [6.45, 7) is 4.30. The Morgan fingerprint density at radius 2 is 1.95 bits per heavy atom. The van der Waals surface area contributed by atoms with Gasteiger partial charge >= 0.3 is 0 Å². The molecule has 0 bridgehead atoms. The number of Topliss-reactive ketones (excluding diaryl/α,β-unsaturated/α-hetero) is 1. The van der Waals surface area contributed by atoms with Crippen LogP contribution in [0.25, 0.3) is 11.0 Å². The molecule has 0 radical (unpaired) electrons. The summed E-state index contributed by atoms with van der Waals surface area (Å²) in [5.41, 5.74) is 0.751. The Labute approximate surface area is 126 Å². The molecule has 0 unspecified atom stereocenters. The molecule has 1 fully saturated rings. The largest absolute Gasteiger partial charge is 0.452 e. The molecule has 2 aromatic rings. The van der Waals surface area contributed by atoms with Crippen molar-refractivity contribution >= 4 is 32.7 Å². The standard InChI is InChI=1S/C15H17BrN2O2/c1-17-6-8-18(9-7-17)10-12(19)15-14(16)11-4-2-3-5-13(11)20-15/h2-5H,6-10H2,1H3. The van der Waals surface area contributed by atoms with Gasteiger partial charge in [0.2, 0.25) is 5.78 Å². The van der Waals surface area contributed by atoms with Crippen LogP contribution < -0.4 is 0 Å². The van der Waals surface area contributed by atoms with Crippen molar-refractivity contribution in [2.75, 3.05) is 39.8 Å². The molecular formula is C15H17BrN2O2. The highest BCUT2D eigenvalue weighted by Gasteiger charge is 2.22. The van der Waals surface area contributed by atoms with Crippen molar-refractivity contribution < 1.29 is 9.21 Å². The number of fused-ring (bicyclic) bond motifs is 1. The fraction of sp³-hybridized carbons (Fsp3) is 0.400. The third-order valence-electron chi connectivity index (χ3n) is 3.75. The maximum Gasteiger partial charge on any atom is 0.213 e. The van der Waals surface area contributed by atoms with Gasteiger partial charge in [0.15, 0.2) is 5.76 Å². The number of halogens is 1. The first-order valence-electron chi connectivity index (χ1n) is 6.76. The Balaban J connectivity index is 1.77. The number of hydrogen-bond acceptors (Lipinski definition) is 4. The number of likely N-dealkylation sites (N-methyl/N-ethyl adjacent to an activating group) is 1. The lowest BCUT2D eigenvalue weighted by Crippen LogP contribution is -2.46. The first-order valence-corrected chi connectivity index (χ1v) is 7.55. The number of furan rings is 1. The number of piperazine rings is 1. The molecule has 1 aliphatic heterocycles. The van der Waals surface area contributed by atoms with Gasteiger partial charge in [-0.05, 0) is 35.1 Å². The van der Waals surface area contributed by atoms with Crippen LogP contribution in [0.15, 0.2) is 33.2 Å². The maximum absolute atomic E-state index is 12.4. The number of para-hydroxylation sites is 1. The molecule has 3 rings (SSSR count). The zero-order chi connectivity index (χ0) is 14.1. The van der Waals surface area contributed by atoms with E-state index >= 15 is 0 Å². The first kappa shape index (κ1) is 13.8. The Morgan fingerprint density at radius 1 is 1.25 bits per heavy atom. The van der Waals surface area contributed by atoms with Gasteiger partial charge in [-0.3, -0.25) is 9.69 Å². The molecule has 0 spiro atoms. The van der Waals surface area contributed by atoms with Gasteiger partial charge < -0.3 is 9.32 Å². The molecule has 1 saturated heterocycles. The van der Waals surface area contributed by atoms with E-state index in [1.54, 1.807) is 0 Å². The van der Waals surface area contributed by atoms with Gasteiger partial charge in [0.25, 0.3) is 0 Å². The SMILES string of the molecule is CN1CCN(CC(=O)c2oc3ccccc3c2Br)CC1. The fourth-order valence-corrected chi connectivity index (χ4v) is 3.10. The normalized spacial score (nSPS) is 17.7. The van der Waals surface area contributed by atoms with Crippen LogP contribution in [0.5, 0.6) is 0 Å². The predicted octanol–water partition coefficient (Wildman–Crippen LogP) is 2.63. The van der Waals surface area contributed by atoms with E-state index < -0.39 is 0 Å². The molecule has 5 heteroatoms. The lowest BCUT2D eigenvalue weighted by Gasteiger charge is -2.31. The zero-order valence-electron chi connectivity index (χ0n) is 11.4. The van der Waals surface area contributed by atoms with E-state index in [-0.39, 0.29) is 5.78 Å². The molecular weight excluding hydrogens is 320 g/mol. The third kappa shape index (κ3) is 2.66. The summed E-state index contributed by atoms with van der Waals surface area (Å²) in [6.07, 6.45) is 0. The van der Waals surface area contributed by atoms with Crippen molar-refractivity contribution in [3.05, 3.63) is 34.5 Å².